The molecule has 116 valence electrons. The number of para-hydroxylation sites is 1. The third-order valence-electron chi connectivity index (χ3n) is 3.48. The highest BCUT2D eigenvalue weighted by Gasteiger charge is 2.12. The van der Waals surface area contributed by atoms with Crippen LogP contribution < -0.4 is 5.32 Å². The van der Waals surface area contributed by atoms with E-state index in [1.807, 2.05) is 31.2 Å². The zero-order chi connectivity index (χ0) is 16.2. The molecule has 0 saturated heterocycles. The molecule has 0 aliphatic rings. The van der Waals surface area contributed by atoms with E-state index < -0.39 is 0 Å². The van der Waals surface area contributed by atoms with Crippen LogP contribution in [-0.4, -0.2) is 16.2 Å². The Morgan fingerprint density at radius 1 is 1.17 bits per heavy atom. The van der Waals surface area contributed by atoms with E-state index in [4.69, 9.17) is 4.52 Å². The van der Waals surface area contributed by atoms with Gasteiger partial charge in [0, 0.05) is 11.6 Å². The van der Waals surface area contributed by atoms with Crippen molar-refractivity contribution in [1.29, 1.82) is 0 Å². The van der Waals surface area contributed by atoms with Gasteiger partial charge in [-0.15, -0.1) is 0 Å². The van der Waals surface area contributed by atoms with Gasteiger partial charge in [-0.1, -0.05) is 47.1 Å². The highest BCUT2D eigenvalue weighted by Crippen LogP contribution is 2.20. The first-order valence-electron chi connectivity index (χ1n) is 7.22. The SMILES string of the molecule is Cc1ccc(-c2cc(CNC(=O)c3ccccc3O)on2)cc1. The lowest BCUT2D eigenvalue weighted by Gasteiger charge is -2.04. The second-order valence-electron chi connectivity index (χ2n) is 5.24. The van der Waals surface area contributed by atoms with Crippen LogP contribution in [0.4, 0.5) is 0 Å². The number of phenolic OH excluding ortho intramolecular Hbond substituents is 1. The number of amides is 1. The second kappa shape index (κ2) is 6.36. The first-order chi connectivity index (χ1) is 11.1. The van der Waals surface area contributed by atoms with Gasteiger partial charge in [0.2, 0.25) is 0 Å². The maximum Gasteiger partial charge on any atom is 0.255 e. The lowest BCUT2D eigenvalue weighted by molar-refractivity contribution is 0.0944. The highest BCUT2D eigenvalue weighted by molar-refractivity contribution is 5.96. The summed E-state index contributed by atoms with van der Waals surface area (Å²) in [5.41, 5.74) is 3.08. The molecule has 1 aromatic heterocycles. The van der Waals surface area contributed by atoms with Gasteiger partial charge in [0.05, 0.1) is 12.1 Å². The van der Waals surface area contributed by atoms with Gasteiger partial charge in [-0.25, -0.2) is 0 Å². The molecule has 0 radical (unpaired) electrons. The van der Waals surface area contributed by atoms with E-state index in [0.717, 1.165) is 11.3 Å². The molecular formula is C18H16N2O3. The fraction of sp³-hybridized carbons (Fsp3) is 0.111. The number of carbonyl (C=O) groups is 1. The zero-order valence-corrected chi connectivity index (χ0v) is 12.6. The Morgan fingerprint density at radius 3 is 2.65 bits per heavy atom. The molecule has 0 saturated carbocycles. The fourth-order valence-corrected chi connectivity index (χ4v) is 2.18. The van der Waals surface area contributed by atoms with Crippen molar-refractivity contribution < 1.29 is 14.4 Å². The van der Waals surface area contributed by atoms with Gasteiger partial charge < -0.3 is 14.9 Å². The monoisotopic (exact) mass is 308 g/mol. The number of aromatic nitrogens is 1. The zero-order valence-electron chi connectivity index (χ0n) is 12.6. The van der Waals surface area contributed by atoms with E-state index in [1.165, 1.54) is 11.6 Å². The number of nitrogens with one attached hydrogen (secondary N) is 1. The number of hydrogen-bond donors (Lipinski definition) is 2. The third kappa shape index (κ3) is 3.40. The molecule has 0 fully saturated rings. The number of nitrogens with zero attached hydrogens (tertiary/aromatic N) is 1. The number of aromatic hydroxyl groups is 1. The average Bonchev–Trinajstić information content (AvgIpc) is 3.03. The van der Waals surface area contributed by atoms with Gasteiger partial charge in [-0.3, -0.25) is 4.79 Å². The number of hydrogen-bond acceptors (Lipinski definition) is 4. The van der Waals surface area contributed by atoms with Gasteiger partial charge in [0.25, 0.3) is 5.91 Å². The van der Waals surface area contributed by atoms with Crippen LogP contribution in [0.1, 0.15) is 21.7 Å². The van der Waals surface area contributed by atoms with Crippen molar-refractivity contribution in [3.05, 3.63) is 71.5 Å². The average molecular weight is 308 g/mol. The second-order valence-corrected chi connectivity index (χ2v) is 5.24. The van der Waals surface area contributed by atoms with Crippen LogP contribution in [0.2, 0.25) is 0 Å². The molecule has 0 unspecified atom stereocenters. The van der Waals surface area contributed by atoms with Gasteiger partial charge in [-0.05, 0) is 19.1 Å². The predicted molar refractivity (Wildman–Crippen MR) is 86.0 cm³/mol. The summed E-state index contributed by atoms with van der Waals surface area (Å²) in [6.45, 7) is 2.22. The summed E-state index contributed by atoms with van der Waals surface area (Å²) in [5, 5.41) is 16.4. The van der Waals surface area contributed by atoms with Crippen molar-refractivity contribution in [2.75, 3.05) is 0 Å². The third-order valence-corrected chi connectivity index (χ3v) is 3.48. The predicted octanol–water partition coefficient (Wildman–Crippen LogP) is 3.29. The van der Waals surface area contributed by atoms with Crippen LogP contribution in [0.25, 0.3) is 11.3 Å². The van der Waals surface area contributed by atoms with Crippen molar-refractivity contribution >= 4 is 5.91 Å². The quantitative estimate of drug-likeness (QED) is 0.775. The molecule has 0 aliphatic heterocycles. The molecule has 23 heavy (non-hydrogen) atoms. The molecule has 0 aliphatic carbocycles. The molecular weight excluding hydrogens is 292 g/mol. The van der Waals surface area contributed by atoms with E-state index >= 15 is 0 Å². The van der Waals surface area contributed by atoms with E-state index in [0.29, 0.717) is 5.76 Å². The van der Waals surface area contributed by atoms with Crippen LogP contribution in [0.5, 0.6) is 5.75 Å². The van der Waals surface area contributed by atoms with Crippen molar-refractivity contribution in [2.24, 2.45) is 0 Å². The summed E-state index contributed by atoms with van der Waals surface area (Å²) in [7, 11) is 0. The minimum absolute atomic E-state index is 0.0529. The van der Waals surface area contributed by atoms with Crippen molar-refractivity contribution in [2.45, 2.75) is 13.5 Å². The molecule has 2 aromatic carbocycles. The first-order valence-corrected chi connectivity index (χ1v) is 7.22. The van der Waals surface area contributed by atoms with Gasteiger partial charge >= 0.3 is 0 Å². The summed E-state index contributed by atoms with van der Waals surface area (Å²) in [6.07, 6.45) is 0. The Hall–Kier alpha value is -3.08. The number of benzene rings is 2. The minimum atomic E-state index is -0.364. The Balaban J connectivity index is 1.67. The molecule has 0 atom stereocenters. The maximum atomic E-state index is 12.0. The van der Waals surface area contributed by atoms with Gasteiger partial charge in [0.15, 0.2) is 5.76 Å². The Morgan fingerprint density at radius 2 is 1.91 bits per heavy atom. The van der Waals surface area contributed by atoms with E-state index in [1.54, 1.807) is 24.3 Å². The summed E-state index contributed by atoms with van der Waals surface area (Å²) in [6, 6.07) is 16.1. The molecule has 1 heterocycles. The summed E-state index contributed by atoms with van der Waals surface area (Å²) < 4.78 is 5.24. The standard InChI is InChI=1S/C18H16N2O3/c1-12-6-8-13(9-7-12)16-10-14(23-20-16)11-19-18(22)15-4-2-3-5-17(15)21/h2-10,21H,11H2,1H3,(H,19,22). The van der Waals surface area contributed by atoms with Crippen molar-refractivity contribution in [3.63, 3.8) is 0 Å². The van der Waals surface area contributed by atoms with Crippen molar-refractivity contribution in [3.8, 4) is 17.0 Å². The van der Waals surface area contributed by atoms with E-state index in [-0.39, 0.29) is 23.8 Å². The first kappa shape index (κ1) is 14.8. The molecule has 2 N–H and O–H groups in total. The molecule has 3 rings (SSSR count). The Kier molecular flexibility index (Phi) is 4.10. The molecule has 0 spiro atoms. The minimum Gasteiger partial charge on any atom is -0.507 e. The van der Waals surface area contributed by atoms with Gasteiger partial charge in [0.1, 0.15) is 11.4 Å². The Labute approximate surface area is 133 Å². The molecule has 3 aromatic rings. The van der Waals surface area contributed by atoms with E-state index in [2.05, 4.69) is 10.5 Å². The van der Waals surface area contributed by atoms with Crippen LogP contribution in [0, 0.1) is 6.92 Å². The largest absolute Gasteiger partial charge is 0.507 e. The van der Waals surface area contributed by atoms with Crippen LogP contribution in [0.15, 0.2) is 59.1 Å². The van der Waals surface area contributed by atoms with Crippen LogP contribution >= 0.6 is 0 Å². The number of aryl methyl sites for hydroxylation is 1. The number of rotatable bonds is 4. The van der Waals surface area contributed by atoms with Crippen LogP contribution in [-0.2, 0) is 6.54 Å². The molecule has 0 bridgehead atoms. The van der Waals surface area contributed by atoms with Crippen LogP contribution in [0.3, 0.4) is 0 Å². The molecule has 5 nitrogen and oxygen atoms in total. The lowest BCUT2D eigenvalue weighted by Crippen LogP contribution is -2.22. The van der Waals surface area contributed by atoms with E-state index in [9.17, 15) is 9.90 Å². The number of carbonyl (C=O) groups excluding carboxylic acids is 1. The van der Waals surface area contributed by atoms with Gasteiger partial charge in [-0.2, -0.15) is 0 Å². The normalized spacial score (nSPS) is 10.5. The molecule has 1 amide bonds. The summed E-state index contributed by atoms with van der Waals surface area (Å²) in [4.78, 5) is 12.0. The summed E-state index contributed by atoms with van der Waals surface area (Å²) >= 11 is 0. The summed E-state index contributed by atoms with van der Waals surface area (Å²) in [5.74, 6) is 0.128. The molecule has 5 heteroatoms. The fourth-order valence-electron chi connectivity index (χ4n) is 2.18. The maximum absolute atomic E-state index is 12.0. The Bertz CT molecular complexity index is 822. The lowest BCUT2D eigenvalue weighted by atomic mass is 10.1. The topological polar surface area (TPSA) is 75.4 Å². The van der Waals surface area contributed by atoms with Crippen molar-refractivity contribution in [1.82, 2.24) is 10.5 Å². The smallest absolute Gasteiger partial charge is 0.255 e. The highest BCUT2D eigenvalue weighted by atomic mass is 16.5. The number of phenols is 1.